The number of nitrogens with zero attached hydrogens (tertiary/aromatic N) is 1. The molecule has 1 aliphatic carbocycles. The molecule has 0 atom stereocenters. The SMILES string of the molecule is CC(C)CC(=O)Nc1nc2c(s1)CCCC2. The highest BCUT2D eigenvalue weighted by atomic mass is 32.1. The normalized spacial score (nSPS) is 14.9. The lowest BCUT2D eigenvalue weighted by atomic mass is 10.0. The van der Waals surface area contributed by atoms with Crippen LogP contribution in [-0.2, 0) is 17.6 Å². The zero-order chi connectivity index (χ0) is 11.5. The molecule has 0 unspecified atom stereocenters. The summed E-state index contributed by atoms with van der Waals surface area (Å²) in [4.78, 5) is 17.4. The standard InChI is InChI=1S/C12H18N2OS/c1-8(2)7-11(15)14-12-13-9-5-3-4-6-10(9)16-12/h8H,3-7H2,1-2H3,(H,13,14,15). The van der Waals surface area contributed by atoms with Crippen LogP contribution < -0.4 is 5.32 Å². The van der Waals surface area contributed by atoms with Gasteiger partial charge in [-0.15, -0.1) is 11.3 Å². The number of aromatic nitrogens is 1. The van der Waals surface area contributed by atoms with E-state index < -0.39 is 0 Å². The third-order valence-electron chi connectivity index (χ3n) is 2.69. The van der Waals surface area contributed by atoms with Gasteiger partial charge in [-0.3, -0.25) is 4.79 Å². The molecule has 1 amide bonds. The molecular weight excluding hydrogens is 220 g/mol. The van der Waals surface area contributed by atoms with Crippen molar-refractivity contribution >= 4 is 22.4 Å². The monoisotopic (exact) mass is 238 g/mol. The van der Waals surface area contributed by atoms with Crippen LogP contribution in [0, 0.1) is 5.92 Å². The third-order valence-corrected chi connectivity index (χ3v) is 3.76. The van der Waals surface area contributed by atoms with Gasteiger partial charge in [0, 0.05) is 11.3 Å². The lowest BCUT2D eigenvalue weighted by molar-refractivity contribution is -0.116. The first-order chi connectivity index (χ1) is 7.65. The molecule has 2 rings (SSSR count). The van der Waals surface area contributed by atoms with E-state index >= 15 is 0 Å². The van der Waals surface area contributed by atoms with Gasteiger partial charge >= 0.3 is 0 Å². The molecule has 4 heteroatoms. The van der Waals surface area contributed by atoms with Gasteiger partial charge in [-0.1, -0.05) is 13.8 Å². The van der Waals surface area contributed by atoms with Crippen LogP contribution in [0.4, 0.5) is 5.13 Å². The number of anilines is 1. The van der Waals surface area contributed by atoms with E-state index in [-0.39, 0.29) is 5.91 Å². The molecule has 3 nitrogen and oxygen atoms in total. The van der Waals surface area contributed by atoms with Crippen LogP contribution in [0.1, 0.15) is 43.7 Å². The van der Waals surface area contributed by atoms with E-state index in [9.17, 15) is 4.79 Å². The van der Waals surface area contributed by atoms with Gasteiger partial charge in [0.15, 0.2) is 5.13 Å². The van der Waals surface area contributed by atoms with Crippen LogP contribution in [-0.4, -0.2) is 10.9 Å². The van der Waals surface area contributed by atoms with Gasteiger partial charge in [-0.2, -0.15) is 0 Å². The predicted octanol–water partition coefficient (Wildman–Crippen LogP) is 3.01. The van der Waals surface area contributed by atoms with E-state index in [2.05, 4.69) is 10.3 Å². The number of fused-ring (bicyclic) bond motifs is 1. The van der Waals surface area contributed by atoms with Gasteiger partial charge in [-0.25, -0.2) is 4.98 Å². The minimum absolute atomic E-state index is 0.0843. The minimum atomic E-state index is 0.0843. The summed E-state index contributed by atoms with van der Waals surface area (Å²) in [5, 5.41) is 3.69. The Hall–Kier alpha value is -0.900. The Morgan fingerprint density at radius 2 is 2.19 bits per heavy atom. The maximum absolute atomic E-state index is 11.6. The minimum Gasteiger partial charge on any atom is -0.302 e. The number of amides is 1. The van der Waals surface area contributed by atoms with Crippen molar-refractivity contribution in [1.82, 2.24) is 4.98 Å². The fourth-order valence-electron chi connectivity index (χ4n) is 1.95. The van der Waals surface area contributed by atoms with Crippen molar-refractivity contribution in [3.05, 3.63) is 10.6 Å². The molecule has 88 valence electrons. The largest absolute Gasteiger partial charge is 0.302 e. The van der Waals surface area contributed by atoms with Crippen molar-refractivity contribution in [1.29, 1.82) is 0 Å². The van der Waals surface area contributed by atoms with Gasteiger partial charge in [0.2, 0.25) is 5.91 Å². The summed E-state index contributed by atoms with van der Waals surface area (Å²) in [5.74, 6) is 0.482. The quantitative estimate of drug-likeness (QED) is 0.879. The average Bonchev–Trinajstić information content (AvgIpc) is 2.57. The number of rotatable bonds is 3. The summed E-state index contributed by atoms with van der Waals surface area (Å²) in [7, 11) is 0. The van der Waals surface area contributed by atoms with Crippen molar-refractivity contribution in [3.63, 3.8) is 0 Å². The van der Waals surface area contributed by atoms with Crippen molar-refractivity contribution in [2.75, 3.05) is 5.32 Å². The smallest absolute Gasteiger partial charge is 0.226 e. The Labute approximate surface area is 100 Å². The number of nitrogens with one attached hydrogen (secondary N) is 1. The lowest BCUT2D eigenvalue weighted by Gasteiger charge is -2.06. The lowest BCUT2D eigenvalue weighted by Crippen LogP contribution is -2.13. The maximum atomic E-state index is 11.6. The van der Waals surface area contributed by atoms with E-state index in [0.717, 1.165) is 18.0 Å². The van der Waals surface area contributed by atoms with Crippen molar-refractivity contribution in [2.45, 2.75) is 46.0 Å². The number of carbonyl (C=O) groups is 1. The third kappa shape index (κ3) is 2.82. The van der Waals surface area contributed by atoms with E-state index in [0.29, 0.717) is 12.3 Å². The molecule has 0 aromatic carbocycles. The first-order valence-corrected chi connectivity index (χ1v) is 6.75. The van der Waals surface area contributed by atoms with Gasteiger partial charge in [0.1, 0.15) is 0 Å². The number of hydrogen-bond donors (Lipinski definition) is 1. The van der Waals surface area contributed by atoms with Crippen LogP contribution in [0.15, 0.2) is 0 Å². The van der Waals surface area contributed by atoms with Gasteiger partial charge in [-0.05, 0) is 31.6 Å². The maximum Gasteiger partial charge on any atom is 0.226 e. The Morgan fingerprint density at radius 1 is 1.44 bits per heavy atom. The Morgan fingerprint density at radius 3 is 2.88 bits per heavy atom. The van der Waals surface area contributed by atoms with Crippen LogP contribution in [0.5, 0.6) is 0 Å². The highest BCUT2D eigenvalue weighted by molar-refractivity contribution is 7.15. The molecule has 0 saturated heterocycles. The second-order valence-corrected chi connectivity index (χ2v) is 5.83. The summed E-state index contributed by atoms with van der Waals surface area (Å²) >= 11 is 1.65. The second-order valence-electron chi connectivity index (χ2n) is 4.74. The van der Waals surface area contributed by atoms with Crippen molar-refractivity contribution in [2.24, 2.45) is 5.92 Å². The summed E-state index contributed by atoms with van der Waals surface area (Å²) in [6.07, 6.45) is 5.27. The molecule has 1 aromatic heterocycles. The fourth-order valence-corrected chi connectivity index (χ4v) is 3.01. The zero-order valence-corrected chi connectivity index (χ0v) is 10.7. The highest BCUT2D eigenvalue weighted by Gasteiger charge is 2.16. The number of aryl methyl sites for hydroxylation is 2. The average molecular weight is 238 g/mol. The molecule has 0 bridgehead atoms. The van der Waals surface area contributed by atoms with Crippen LogP contribution >= 0.6 is 11.3 Å². The first kappa shape index (κ1) is 11.6. The van der Waals surface area contributed by atoms with Gasteiger partial charge in [0.25, 0.3) is 0 Å². The fraction of sp³-hybridized carbons (Fsp3) is 0.667. The molecule has 1 N–H and O–H groups in total. The topological polar surface area (TPSA) is 42.0 Å². The van der Waals surface area contributed by atoms with Gasteiger partial charge < -0.3 is 5.32 Å². The summed E-state index contributed by atoms with van der Waals surface area (Å²) in [6, 6.07) is 0. The van der Waals surface area contributed by atoms with E-state index in [1.54, 1.807) is 11.3 Å². The second kappa shape index (κ2) is 4.95. The molecule has 0 spiro atoms. The van der Waals surface area contributed by atoms with Gasteiger partial charge in [0.05, 0.1) is 5.69 Å². The molecule has 0 radical (unpaired) electrons. The Kier molecular flexibility index (Phi) is 3.59. The van der Waals surface area contributed by atoms with E-state index in [1.807, 2.05) is 13.8 Å². The highest BCUT2D eigenvalue weighted by Crippen LogP contribution is 2.29. The zero-order valence-electron chi connectivity index (χ0n) is 9.88. The van der Waals surface area contributed by atoms with Crippen LogP contribution in [0.3, 0.4) is 0 Å². The molecule has 0 aliphatic heterocycles. The molecule has 0 fully saturated rings. The molecule has 0 saturated carbocycles. The summed E-state index contributed by atoms with van der Waals surface area (Å²) in [5.41, 5.74) is 1.20. The molecule has 1 aromatic rings. The number of hydrogen-bond acceptors (Lipinski definition) is 3. The van der Waals surface area contributed by atoms with E-state index in [4.69, 9.17) is 0 Å². The molecule has 1 heterocycles. The summed E-state index contributed by atoms with van der Waals surface area (Å²) in [6.45, 7) is 4.10. The Bertz CT molecular complexity index is 361. The Balaban J connectivity index is 1.99. The van der Waals surface area contributed by atoms with Crippen LogP contribution in [0.25, 0.3) is 0 Å². The molecule has 1 aliphatic rings. The molecule has 16 heavy (non-hydrogen) atoms. The number of thiazole rings is 1. The van der Waals surface area contributed by atoms with Crippen molar-refractivity contribution < 1.29 is 4.79 Å². The first-order valence-electron chi connectivity index (χ1n) is 5.93. The van der Waals surface area contributed by atoms with E-state index in [1.165, 1.54) is 23.4 Å². The molecular formula is C12H18N2OS. The van der Waals surface area contributed by atoms with Crippen molar-refractivity contribution in [3.8, 4) is 0 Å². The predicted molar refractivity (Wildman–Crippen MR) is 66.8 cm³/mol. The number of carbonyl (C=O) groups excluding carboxylic acids is 1. The summed E-state index contributed by atoms with van der Waals surface area (Å²) < 4.78 is 0. The van der Waals surface area contributed by atoms with Crippen LogP contribution in [0.2, 0.25) is 0 Å².